The second-order valence-corrected chi connectivity index (χ2v) is 5.17. The highest BCUT2D eigenvalue weighted by Gasteiger charge is 2.02. The minimum atomic E-state index is 0.721. The van der Waals surface area contributed by atoms with Gasteiger partial charge in [-0.05, 0) is 64.8 Å². The fourth-order valence-corrected chi connectivity index (χ4v) is 2.38. The van der Waals surface area contributed by atoms with Crippen LogP contribution in [-0.4, -0.2) is 0 Å². The van der Waals surface area contributed by atoms with Gasteiger partial charge in [0.25, 0.3) is 0 Å². The Morgan fingerprint density at radius 3 is 2.59 bits per heavy atom. The number of nitrogens with two attached hydrogens (primary N) is 1. The lowest BCUT2D eigenvalue weighted by atomic mass is 10.2. The minimum absolute atomic E-state index is 0.721. The quantitative estimate of drug-likeness (QED) is 0.786. The van der Waals surface area contributed by atoms with Gasteiger partial charge in [-0.1, -0.05) is 11.6 Å². The zero-order valence-corrected chi connectivity index (χ0v) is 11.6. The molecule has 0 amide bonds. The number of halogens is 2. The number of nitrogen functional groups attached to an aromatic ring is 1. The molecule has 0 aromatic heterocycles. The Morgan fingerprint density at radius 2 is 1.94 bits per heavy atom. The maximum absolute atomic E-state index is 6.01. The van der Waals surface area contributed by atoms with E-state index in [1.807, 2.05) is 43.3 Å². The summed E-state index contributed by atoms with van der Waals surface area (Å²) in [6.07, 6.45) is 0. The molecule has 88 valence electrons. The van der Waals surface area contributed by atoms with Gasteiger partial charge in [-0.2, -0.15) is 0 Å². The van der Waals surface area contributed by atoms with Gasteiger partial charge in [0.15, 0.2) is 0 Å². The third-order valence-electron chi connectivity index (χ3n) is 2.31. The summed E-state index contributed by atoms with van der Waals surface area (Å²) in [6, 6.07) is 11.5. The van der Waals surface area contributed by atoms with Crippen LogP contribution in [0.25, 0.3) is 0 Å². The van der Waals surface area contributed by atoms with Gasteiger partial charge >= 0.3 is 0 Å². The van der Waals surface area contributed by atoms with Crippen LogP contribution < -0.4 is 11.1 Å². The van der Waals surface area contributed by atoms with E-state index in [1.54, 1.807) is 0 Å². The van der Waals surface area contributed by atoms with E-state index in [4.69, 9.17) is 17.3 Å². The summed E-state index contributed by atoms with van der Waals surface area (Å²) in [6.45, 7) is 2.01. The molecule has 4 heteroatoms. The van der Waals surface area contributed by atoms with E-state index in [0.717, 1.165) is 32.1 Å². The molecule has 0 atom stereocenters. The summed E-state index contributed by atoms with van der Waals surface area (Å²) < 4.78 is 0.926. The maximum atomic E-state index is 6.01. The van der Waals surface area contributed by atoms with Crippen molar-refractivity contribution in [3.05, 3.63) is 51.5 Å². The van der Waals surface area contributed by atoms with Crippen molar-refractivity contribution in [2.45, 2.75) is 6.92 Å². The molecule has 0 aliphatic carbocycles. The average molecular weight is 312 g/mol. The first kappa shape index (κ1) is 12.3. The van der Waals surface area contributed by atoms with Gasteiger partial charge in [-0.25, -0.2) is 0 Å². The summed E-state index contributed by atoms with van der Waals surface area (Å²) in [5.41, 5.74) is 9.45. The van der Waals surface area contributed by atoms with Crippen LogP contribution in [0, 0.1) is 6.92 Å². The second kappa shape index (κ2) is 4.98. The summed E-state index contributed by atoms with van der Waals surface area (Å²) in [7, 11) is 0. The summed E-state index contributed by atoms with van der Waals surface area (Å²) in [4.78, 5) is 0. The lowest BCUT2D eigenvalue weighted by molar-refractivity contribution is 1.44. The molecule has 0 aliphatic rings. The number of rotatable bonds is 2. The number of nitrogens with one attached hydrogen (secondary N) is 1. The maximum Gasteiger partial charge on any atom is 0.0530 e. The summed E-state index contributed by atoms with van der Waals surface area (Å²) in [5.74, 6) is 0. The molecule has 0 saturated heterocycles. The Balaban J connectivity index is 2.31. The third-order valence-corrected chi connectivity index (χ3v) is 3.19. The smallest absolute Gasteiger partial charge is 0.0530 e. The Hall–Kier alpha value is -1.19. The van der Waals surface area contributed by atoms with E-state index >= 15 is 0 Å². The van der Waals surface area contributed by atoms with Gasteiger partial charge in [0.2, 0.25) is 0 Å². The molecule has 2 aromatic rings. The molecule has 2 aromatic carbocycles. The van der Waals surface area contributed by atoms with Crippen molar-refractivity contribution < 1.29 is 0 Å². The van der Waals surface area contributed by atoms with Crippen LogP contribution in [0.2, 0.25) is 5.02 Å². The highest BCUT2D eigenvalue weighted by atomic mass is 79.9. The molecule has 17 heavy (non-hydrogen) atoms. The number of hydrogen-bond donors (Lipinski definition) is 2. The molecular weight excluding hydrogens is 300 g/mol. The van der Waals surface area contributed by atoms with Crippen molar-refractivity contribution in [1.29, 1.82) is 0 Å². The second-order valence-electron chi connectivity index (χ2n) is 3.88. The van der Waals surface area contributed by atoms with E-state index < -0.39 is 0 Å². The van der Waals surface area contributed by atoms with E-state index in [-0.39, 0.29) is 0 Å². The van der Waals surface area contributed by atoms with Crippen molar-refractivity contribution in [2.75, 3.05) is 11.1 Å². The molecular formula is C13H12BrClN2. The molecule has 0 bridgehead atoms. The normalized spacial score (nSPS) is 10.3. The first-order valence-electron chi connectivity index (χ1n) is 5.14. The number of hydrogen-bond acceptors (Lipinski definition) is 2. The Bertz CT molecular complexity index is 535. The largest absolute Gasteiger partial charge is 0.399 e. The molecule has 2 rings (SSSR count). The van der Waals surface area contributed by atoms with Gasteiger partial charge < -0.3 is 11.1 Å². The van der Waals surface area contributed by atoms with Crippen LogP contribution in [0.4, 0.5) is 17.1 Å². The van der Waals surface area contributed by atoms with Crippen LogP contribution in [0.3, 0.4) is 0 Å². The molecule has 0 saturated carbocycles. The van der Waals surface area contributed by atoms with Crippen LogP contribution in [-0.2, 0) is 0 Å². The zero-order chi connectivity index (χ0) is 12.4. The minimum Gasteiger partial charge on any atom is -0.399 e. The van der Waals surface area contributed by atoms with Crippen molar-refractivity contribution >= 4 is 44.6 Å². The molecule has 0 spiro atoms. The van der Waals surface area contributed by atoms with Crippen molar-refractivity contribution in [2.24, 2.45) is 0 Å². The summed E-state index contributed by atoms with van der Waals surface area (Å²) >= 11 is 9.48. The zero-order valence-electron chi connectivity index (χ0n) is 9.30. The molecule has 0 heterocycles. The monoisotopic (exact) mass is 310 g/mol. The standard InChI is InChI=1S/C13H12BrClN2/c1-8-4-9(15)6-11(5-8)17-13-3-2-10(16)7-12(13)14/h2-7,17H,16H2,1H3. The lowest BCUT2D eigenvalue weighted by Crippen LogP contribution is -1.93. The predicted molar refractivity (Wildman–Crippen MR) is 78.0 cm³/mol. The average Bonchev–Trinajstić information content (AvgIpc) is 2.21. The molecule has 0 radical (unpaired) electrons. The van der Waals surface area contributed by atoms with E-state index in [1.165, 1.54) is 0 Å². The van der Waals surface area contributed by atoms with E-state index in [9.17, 15) is 0 Å². The van der Waals surface area contributed by atoms with Crippen molar-refractivity contribution in [1.82, 2.24) is 0 Å². The Labute approximate surface area is 114 Å². The first-order chi connectivity index (χ1) is 8.04. The topological polar surface area (TPSA) is 38.0 Å². The first-order valence-corrected chi connectivity index (χ1v) is 6.31. The predicted octanol–water partition coefficient (Wildman–Crippen LogP) is 4.74. The van der Waals surface area contributed by atoms with Crippen molar-refractivity contribution in [3.8, 4) is 0 Å². The number of aryl methyl sites for hydroxylation is 1. The van der Waals surface area contributed by atoms with Gasteiger partial charge in [-0.3, -0.25) is 0 Å². The molecule has 3 N–H and O–H groups in total. The third kappa shape index (κ3) is 3.14. The van der Waals surface area contributed by atoms with Gasteiger partial charge in [-0.15, -0.1) is 0 Å². The Kier molecular flexibility index (Phi) is 3.60. The fourth-order valence-electron chi connectivity index (χ4n) is 1.60. The Morgan fingerprint density at radius 1 is 1.18 bits per heavy atom. The van der Waals surface area contributed by atoms with Crippen LogP contribution in [0.15, 0.2) is 40.9 Å². The summed E-state index contributed by atoms with van der Waals surface area (Å²) in [5, 5.41) is 4.02. The molecule has 0 unspecified atom stereocenters. The van der Waals surface area contributed by atoms with Crippen LogP contribution in [0.1, 0.15) is 5.56 Å². The molecule has 0 fully saturated rings. The highest BCUT2D eigenvalue weighted by Crippen LogP contribution is 2.29. The van der Waals surface area contributed by atoms with Gasteiger partial charge in [0.05, 0.1) is 5.69 Å². The van der Waals surface area contributed by atoms with E-state index in [0.29, 0.717) is 0 Å². The van der Waals surface area contributed by atoms with Crippen molar-refractivity contribution in [3.63, 3.8) is 0 Å². The fraction of sp³-hybridized carbons (Fsp3) is 0.0769. The van der Waals surface area contributed by atoms with Gasteiger partial charge in [0, 0.05) is 20.9 Å². The number of benzene rings is 2. The van der Waals surface area contributed by atoms with Gasteiger partial charge in [0.1, 0.15) is 0 Å². The SMILES string of the molecule is Cc1cc(Cl)cc(Nc2ccc(N)cc2Br)c1. The molecule has 2 nitrogen and oxygen atoms in total. The highest BCUT2D eigenvalue weighted by molar-refractivity contribution is 9.10. The van der Waals surface area contributed by atoms with E-state index in [2.05, 4.69) is 21.2 Å². The van der Waals surface area contributed by atoms with Crippen LogP contribution in [0.5, 0.6) is 0 Å². The molecule has 0 aliphatic heterocycles. The lowest BCUT2D eigenvalue weighted by Gasteiger charge is -2.10. The van der Waals surface area contributed by atoms with Crippen LogP contribution >= 0.6 is 27.5 Å². The number of anilines is 3.